The van der Waals surface area contributed by atoms with Crippen molar-refractivity contribution in [2.75, 3.05) is 23.3 Å². The Bertz CT molecular complexity index is 794. The Kier molecular flexibility index (Phi) is 5.31. The van der Waals surface area contributed by atoms with E-state index < -0.39 is 11.7 Å². The Morgan fingerprint density at radius 1 is 1.27 bits per heavy atom. The van der Waals surface area contributed by atoms with E-state index in [1.807, 2.05) is 24.0 Å². The Morgan fingerprint density at radius 3 is 2.81 bits per heavy atom. The molecule has 138 valence electrons. The third-order valence-electron chi connectivity index (χ3n) is 4.22. The molecule has 1 saturated heterocycles. The fraction of sp³-hybridized carbons (Fsp3) is 0.333. The summed E-state index contributed by atoms with van der Waals surface area (Å²) in [6.45, 7) is 3.22. The highest BCUT2D eigenvalue weighted by molar-refractivity contribution is 7.80. The number of halogens is 3. The molecular weight excluding hydrogens is 361 g/mol. The number of thiocarbonyl (C=S) groups is 1. The Morgan fingerprint density at radius 2 is 2.08 bits per heavy atom. The molecule has 2 N–H and O–H groups in total. The van der Waals surface area contributed by atoms with Crippen molar-refractivity contribution in [2.45, 2.75) is 25.6 Å². The average molecular weight is 380 g/mol. The number of nitrogens with zero attached hydrogens (tertiary/aromatic N) is 2. The molecule has 1 aromatic heterocycles. The van der Waals surface area contributed by atoms with Gasteiger partial charge in [-0.05, 0) is 61.5 Å². The highest BCUT2D eigenvalue weighted by Gasteiger charge is 2.31. The third-order valence-corrected chi connectivity index (χ3v) is 4.44. The van der Waals surface area contributed by atoms with E-state index in [9.17, 15) is 13.2 Å². The van der Waals surface area contributed by atoms with Crippen LogP contribution in [-0.4, -0.2) is 29.2 Å². The van der Waals surface area contributed by atoms with Crippen LogP contribution in [-0.2, 0) is 6.18 Å². The Labute approximate surface area is 155 Å². The summed E-state index contributed by atoms with van der Waals surface area (Å²) in [5.41, 5.74) is 1.01. The number of pyridine rings is 1. The first-order valence-electron chi connectivity index (χ1n) is 8.23. The van der Waals surface area contributed by atoms with E-state index in [0.717, 1.165) is 18.1 Å². The molecule has 1 aliphatic rings. The number of aromatic nitrogens is 1. The molecule has 1 aliphatic heterocycles. The zero-order valence-corrected chi connectivity index (χ0v) is 15.0. The summed E-state index contributed by atoms with van der Waals surface area (Å²) in [5.74, 6) is 0.662. The Hall–Kier alpha value is -2.35. The van der Waals surface area contributed by atoms with Gasteiger partial charge >= 0.3 is 6.18 Å². The van der Waals surface area contributed by atoms with Gasteiger partial charge in [0.25, 0.3) is 0 Å². The minimum absolute atomic E-state index is 0.0642. The fourth-order valence-corrected chi connectivity index (χ4v) is 3.21. The van der Waals surface area contributed by atoms with Gasteiger partial charge in [-0.25, -0.2) is 4.98 Å². The topological polar surface area (TPSA) is 40.2 Å². The lowest BCUT2D eigenvalue weighted by Gasteiger charge is -2.21. The second-order valence-electron chi connectivity index (χ2n) is 6.30. The van der Waals surface area contributed by atoms with E-state index in [-0.39, 0.29) is 6.04 Å². The number of hydrogen-bond donors (Lipinski definition) is 2. The van der Waals surface area contributed by atoms with E-state index in [2.05, 4.69) is 15.6 Å². The third kappa shape index (κ3) is 4.63. The van der Waals surface area contributed by atoms with Crippen LogP contribution in [0.4, 0.5) is 24.7 Å². The molecule has 0 aliphatic carbocycles. The second kappa shape index (κ2) is 7.49. The summed E-state index contributed by atoms with van der Waals surface area (Å²) in [6.07, 6.45) is -1.84. The lowest BCUT2D eigenvalue weighted by Crippen LogP contribution is -2.39. The van der Waals surface area contributed by atoms with Crippen molar-refractivity contribution < 1.29 is 13.2 Å². The van der Waals surface area contributed by atoms with Gasteiger partial charge in [0.2, 0.25) is 0 Å². The van der Waals surface area contributed by atoms with Crippen molar-refractivity contribution in [1.29, 1.82) is 0 Å². The number of nitrogens with one attached hydrogen (secondary N) is 2. The maximum Gasteiger partial charge on any atom is 0.416 e. The van der Waals surface area contributed by atoms with Gasteiger partial charge in [0, 0.05) is 31.0 Å². The molecule has 26 heavy (non-hydrogen) atoms. The van der Waals surface area contributed by atoms with E-state index in [0.29, 0.717) is 29.7 Å². The highest BCUT2D eigenvalue weighted by atomic mass is 32.1. The molecule has 1 aromatic carbocycles. The van der Waals surface area contributed by atoms with Crippen LogP contribution in [0.5, 0.6) is 0 Å². The van der Waals surface area contributed by atoms with Gasteiger partial charge < -0.3 is 15.5 Å². The number of rotatable bonds is 3. The summed E-state index contributed by atoms with van der Waals surface area (Å²) < 4.78 is 38.6. The normalized spacial score (nSPS) is 17.2. The van der Waals surface area contributed by atoms with Crippen molar-refractivity contribution in [3.05, 3.63) is 53.7 Å². The van der Waals surface area contributed by atoms with Crippen molar-refractivity contribution in [3.63, 3.8) is 0 Å². The zero-order valence-electron chi connectivity index (χ0n) is 14.2. The van der Waals surface area contributed by atoms with E-state index in [4.69, 9.17) is 12.2 Å². The maximum atomic E-state index is 12.9. The molecule has 0 spiro atoms. The molecule has 4 nitrogen and oxygen atoms in total. The molecule has 1 fully saturated rings. The van der Waals surface area contributed by atoms with Gasteiger partial charge in [0.15, 0.2) is 5.11 Å². The minimum atomic E-state index is -4.33. The Balaban J connectivity index is 1.58. The van der Waals surface area contributed by atoms with E-state index >= 15 is 0 Å². The highest BCUT2D eigenvalue weighted by Crippen LogP contribution is 2.32. The van der Waals surface area contributed by atoms with Crippen LogP contribution < -0.4 is 15.5 Å². The maximum absolute atomic E-state index is 12.9. The van der Waals surface area contributed by atoms with Gasteiger partial charge in [-0.15, -0.1) is 0 Å². The number of alkyl halides is 3. The predicted molar refractivity (Wildman–Crippen MR) is 100 cm³/mol. The first-order valence-corrected chi connectivity index (χ1v) is 8.64. The minimum Gasteiger partial charge on any atom is -0.369 e. The van der Waals surface area contributed by atoms with Crippen molar-refractivity contribution >= 4 is 28.8 Å². The largest absolute Gasteiger partial charge is 0.416 e. The monoisotopic (exact) mass is 380 g/mol. The van der Waals surface area contributed by atoms with Gasteiger partial charge in [-0.1, -0.05) is 6.07 Å². The van der Waals surface area contributed by atoms with Crippen LogP contribution in [0.3, 0.4) is 0 Å². The van der Waals surface area contributed by atoms with E-state index in [1.54, 1.807) is 12.3 Å². The van der Waals surface area contributed by atoms with Crippen LogP contribution in [0.1, 0.15) is 17.5 Å². The summed E-state index contributed by atoms with van der Waals surface area (Å²) >= 11 is 5.31. The number of benzene rings is 1. The van der Waals surface area contributed by atoms with Gasteiger partial charge in [0.05, 0.1) is 5.56 Å². The van der Waals surface area contributed by atoms with Gasteiger partial charge in [-0.2, -0.15) is 13.2 Å². The molecule has 3 rings (SSSR count). The molecule has 1 atom stereocenters. The number of anilines is 2. The predicted octanol–water partition coefficient (Wildman–Crippen LogP) is 3.97. The van der Waals surface area contributed by atoms with Crippen molar-refractivity contribution in [3.8, 4) is 0 Å². The van der Waals surface area contributed by atoms with Crippen LogP contribution in [0.15, 0.2) is 42.6 Å². The molecule has 0 amide bonds. The summed E-state index contributed by atoms with van der Waals surface area (Å²) in [7, 11) is 0. The number of hydrogen-bond acceptors (Lipinski definition) is 3. The molecule has 0 unspecified atom stereocenters. The SMILES string of the molecule is Cc1ccnc(NC(=S)N[C@H]2CCN(c3cccc(C(F)(F)F)c3)C2)c1. The van der Waals surface area contributed by atoms with Crippen LogP contribution >= 0.6 is 12.2 Å². The second-order valence-corrected chi connectivity index (χ2v) is 6.70. The lowest BCUT2D eigenvalue weighted by molar-refractivity contribution is -0.137. The van der Waals surface area contributed by atoms with Gasteiger partial charge in [0.1, 0.15) is 5.82 Å². The fourth-order valence-electron chi connectivity index (χ4n) is 2.93. The first kappa shape index (κ1) is 18.4. The van der Waals surface area contributed by atoms with E-state index in [1.165, 1.54) is 12.1 Å². The first-order chi connectivity index (χ1) is 12.3. The molecule has 0 radical (unpaired) electrons. The van der Waals surface area contributed by atoms with Crippen molar-refractivity contribution in [1.82, 2.24) is 10.3 Å². The molecule has 0 bridgehead atoms. The quantitative estimate of drug-likeness (QED) is 0.789. The zero-order chi connectivity index (χ0) is 18.7. The standard InChI is InChI=1S/C18H19F3N4S/c1-12-5-7-22-16(9-12)24-17(26)23-14-6-8-25(11-14)15-4-2-3-13(10-15)18(19,20)21/h2-5,7,9-10,14H,6,8,11H2,1H3,(H2,22,23,24,26)/t14-/m0/s1. The summed E-state index contributed by atoms with van der Waals surface area (Å²) in [5, 5.41) is 6.70. The molecule has 2 heterocycles. The van der Waals surface area contributed by atoms with Crippen LogP contribution in [0.2, 0.25) is 0 Å². The smallest absolute Gasteiger partial charge is 0.369 e. The molecule has 0 saturated carbocycles. The lowest BCUT2D eigenvalue weighted by atomic mass is 10.2. The molecular formula is C18H19F3N4S. The number of aryl methyl sites for hydroxylation is 1. The van der Waals surface area contributed by atoms with Crippen LogP contribution in [0.25, 0.3) is 0 Å². The van der Waals surface area contributed by atoms with Crippen molar-refractivity contribution in [2.24, 2.45) is 0 Å². The van der Waals surface area contributed by atoms with Gasteiger partial charge in [-0.3, -0.25) is 0 Å². The summed E-state index contributed by atoms with van der Waals surface area (Å²) in [6, 6.07) is 9.26. The molecule has 2 aromatic rings. The van der Waals surface area contributed by atoms with Crippen LogP contribution in [0, 0.1) is 6.92 Å². The average Bonchev–Trinajstić information content (AvgIpc) is 3.02. The molecule has 8 heteroatoms. The summed E-state index contributed by atoms with van der Waals surface area (Å²) in [4.78, 5) is 6.12.